The summed E-state index contributed by atoms with van der Waals surface area (Å²) in [4.78, 5) is 42.5. The lowest BCUT2D eigenvalue weighted by molar-refractivity contribution is 0.0418. The Morgan fingerprint density at radius 1 is 1.05 bits per heavy atom. The number of carbonyl (C=O) groups is 2. The van der Waals surface area contributed by atoms with E-state index < -0.39 is 11.7 Å². The highest BCUT2D eigenvalue weighted by molar-refractivity contribution is 5.96. The first kappa shape index (κ1) is 26.9. The summed E-state index contributed by atoms with van der Waals surface area (Å²) in [5.74, 6) is 0.688. The molecule has 0 aliphatic carbocycles. The lowest BCUT2D eigenvalue weighted by Crippen LogP contribution is -2.50. The summed E-state index contributed by atoms with van der Waals surface area (Å²) >= 11 is 0. The predicted octanol–water partition coefficient (Wildman–Crippen LogP) is 3.49. The van der Waals surface area contributed by atoms with Gasteiger partial charge in [-0.05, 0) is 70.4 Å². The maximum atomic E-state index is 13.5. The standard InChI is InChI=1S/C29H40N4O4/c1-19-14-25(34)31(6)20(2)26(19)27(35)33-17-22-15-32(16-23(22)18-33)24(30-28(36)37-29(3,4)5)13-12-21-10-8-7-9-11-21/h7-11,14,22-24H,12-13,15-18H2,1-6H3,(H,30,36). The first-order valence-corrected chi connectivity index (χ1v) is 13.2. The lowest BCUT2D eigenvalue weighted by atomic mass is 10.0. The van der Waals surface area contributed by atoms with E-state index in [-0.39, 0.29) is 17.6 Å². The van der Waals surface area contributed by atoms with Crippen LogP contribution >= 0.6 is 0 Å². The summed E-state index contributed by atoms with van der Waals surface area (Å²) < 4.78 is 7.10. The number of nitrogens with one attached hydrogen (secondary N) is 1. The minimum Gasteiger partial charge on any atom is -0.444 e. The van der Waals surface area contributed by atoms with Gasteiger partial charge in [0.25, 0.3) is 11.5 Å². The largest absolute Gasteiger partial charge is 0.444 e. The Balaban J connectivity index is 1.43. The van der Waals surface area contributed by atoms with Crippen molar-refractivity contribution in [3.05, 3.63) is 69.1 Å². The van der Waals surface area contributed by atoms with Gasteiger partial charge in [0.05, 0.1) is 11.7 Å². The Morgan fingerprint density at radius 2 is 1.68 bits per heavy atom. The monoisotopic (exact) mass is 508 g/mol. The molecule has 1 N–H and O–H groups in total. The van der Waals surface area contributed by atoms with Gasteiger partial charge < -0.3 is 19.5 Å². The van der Waals surface area contributed by atoms with Crippen LogP contribution in [0.3, 0.4) is 0 Å². The maximum Gasteiger partial charge on any atom is 0.408 e. The summed E-state index contributed by atoms with van der Waals surface area (Å²) in [5, 5.41) is 3.11. The van der Waals surface area contributed by atoms with Crippen LogP contribution in [0.4, 0.5) is 4.79 Å². The average molecular weight is 509 g/mol. The average Bonchev–Trinajstić information content (AvgIpc) is 3.39. The van der Waals surface area contributed by atoms with Gasteiger partial charge in [-0.3, -0.25) is 14.5 Å². The highest BCUT2D eigenvalue weighted by atomic mass is 16.6. The summed E-state index contributed by atoms with van der Waals surface area (Å²) in [6, 6.07) is 11.8. The molecule has 3 unspecified atom stereocenters. The molecule has 2 aromatic rings. The molecule has 0 spiro atoms. The molecular formula is C29H40N4O4. The van der Waals surface area contributed by atoms with Crippen molar-refractivity contribution in [3.8, 4) is 0 Å². The number of nitrogens with zero attached hydrogens (tertiary/aromatic N) is 3. The first-order chi connectivity index (χ1) is 17.4. The molecule has 2 saturated heterocycles. The molecule has 2 fully saturated rings. The van der Waals surface area contributed by atoms with Crippen LogP contribution in [0.2, 0.25) is 0 Å². The topological polar surface area (TPSA) is 83.9 Å². The number of pyridine rings is 1. The fourth-order valence-electron chi connectivity index (χ4n) is 5.64. The third kappa shape index (κ3) is 6.24. The summed E-state index contributed by atoms with van der Waals surface area (Å²) in [6.07, 6.45) is 1.09. The van der Waals surface area contributed by atoms with Crippen LogP contribution in [0, 0.1) is 25.7 Å². The van der Waals surface area contributed by atoms with Crippen molar-refractivity contribution >= 4 is 12.0 Å². The van der Waals surface area contributed by atoms with Gasteiger partial charge in [-0.25, -0.2) is 4.79 Å². The van der Waals surface area contributed by atoms with Crippen molar-refractivity contribution in [2.24, 2.45) is 18.9 Å². The third-order valence-electron chi connectivity index (χ3n) is 7.62. The van der Waals surface area contributed by atoms with Gasteiger partial charge in [-0.15, -0.1) is 0 Å². The molecule has 8 heteroatoms. The zero-order valence-corrected chi connectivity index (χ0v) is 22.9. The number of aryl methyl sites for hydroxylation is 2. The third-order valence-corrected chi connectivity index (χ3v) is 7.62. The molecule has 2 amide bonds. The minimum atomic E-state index is -0.562. The highest BCUT2D eigenvalue weighted by Gasteiger charge is 2.44. The number of hydrogen-bond donors (Lipinski definition) is 1. The highest BCUT2D eigenvalue weighted by Crippen LogP contribution is 2.34. The fraction of sp³-hybridized carbons (Fsp3) is 0.552. The SMILES string of the molecule is Cc1cc(=O)n(C)c(C)c1C(=O)N1CC2CN(C(CCc3ccccc3)NC(=O)OC(C)(C)C)CC2C1. The van der Waals surface area contributed by atoms with E-state index in [1.807, 2.05) is 57.7 Å². The Morgan fingerprint density at radius 3 is 2.27 bits per heavy atom. The summed E-state index contributed by atoms with van der Waals surface area (Å²) in [7, 11) is 1.71. The van der Waals surface area contributed by atoms with Crippen LogP contribution in [-0.4, -0.2) is 64.3 Å². The van der Waals surface area contributed by atoms with Gasteiger partial charge in [-0.1, -0.05) is 30.3 Å². The molecule has 8 nitrogen and oxygen atoms in total. The number of benzene rings is 1. The molecule has 200 valence electrons. The molecule has 3 atom stereocenters. The Hall–Kier alpha value is -3.13. The predicted molar refractivity (Wildman–Crippen MR) is 144 cm³/mol. The first-order valence-electron chi connectivity index (χ1n) is 13.2. The zero-order valence-electron chi connectivity index (χ0n) is 22.9. The molecule has 3 heterocycles. The van der Waals surface area contributed by atoms with Gasteiger partial charge in [0.2, 0.25) is 0 Å². The molecule has 4 rings (SSSR count). The second kappa shape index (κ2) is 10.7. The molecule has 0 saturated carbocycles. The van der Waals surface area contributed by atoms with Gasteiger partial charge in [-0.2, -0.15) is 0 Å². The molecule has 0 bridgehead atoms. The number of likely N-dealkylation sites (tertiary alicyclic amines) is 2. The Kier molecular flexibility index (Phi) is 7.78. The van der Waals surface area contributed by atoms with Gasteiger partial charge in [0, 0.05) is 45.0 Å². The normalized spacial score (nSPS) is 20.5. The quantitative estimate of drug-likeness (QED) is 0.646. The second-order valence-corrected chi connectivity index (χ2v) is 11.6. The van der Waals surface area contributed by atoms with E-state index in [1.54, 1.807) is 17.7 Å². The molecular weight excluding hydrogens is 468 g/mol. The van der Waals surface area contributed by atoms with Gasteiger partial charge in [0.1, 0.15) is 5.60 Å². The van der Waals surface area contributed by atoms with E-state index in [9.17, 15) is 14.4 Å². The van der Waals surface area contributed by atoms with Crippen molar-refractivity contribution in [2.45, 2.75) is 59.2 Å². The van der Waals surface area contributed by atoms with Crippen LogP contribution in [0.1, 0.15) is 54.4 Å². The van der Waals surface area contributed by atoms with E-state index in [4.69, 9.17) is 4.74 Å². The van der Waals surface area contributed by atoms with Gasteiger partial charge in [0.15, 0.2) is 0 Å². The summed E-state index contributed by atoms with van der Waals surface area (Å²) in [6.45, 7) is 12.3. The molecule has 1 aromatic carbocycles. The summed E-state index contributed by atoms with van der Waals surface area (Å²) in [5.41, 5.74) is 2.64. The minimum absolute atomic E-state index is 0.000873. The Labute approximate surface area is 219 Å². The van der Waals surface area contributed by atoms with Crippen LogP contribution < -0.4 is 10.9 Å². The van der Waals surface area contributed by atoms with Crippen molar-refractivity contribution in [2.75, 3.05) is 26.2 Å². The number of carbonyl (C=O) groups excluding carboxylic acids is 2. The number of amides is 2. The number of hydrogen-bond acceptors (Lipinski definition) is 5. The van der Waals surface area contributed by atoms with E-state index in [0.717, 1.165) is 31.5 Å². The molecule has 2 aliphatic rings. The maximum absolute atomic E-state index is 13.5. The number of fused-ring (bicyclic) bond motifs is 1. The van der Waals surface area contributed by atoms with Crippen molar-refractivity contribution < 1.29 is 14.3 Å². The van der Waals surface area contributed by atoms with E-state index in [2.05, 4.69) is 22.3 Å². The number of rotatable bonds is 6. The van der Waals surface area contributed by atoms with Crippen LogP contribution in [0.25, 0.3) is 0 Å². The lowest BCUT2D eigenvalue weighted by Gasteiger charge is -2.31. The van der Waals surface area contributed by atoms with Crippen LogP contribution in [0.5, 0.6) is 0 Å². The van der Waals surface area contributed by atoms with Crippen LogP contribution in [0.15, 0.2) is 41.2 Å². The van der Waals surface area contributed by atoms with E-state index >= 15 is 0 Å². The molecule has 1 aromatic heterocycles. The second-order valence-electron chi connectivity index (χ2n) is 11.6. The van der Waals surface area contributed by atoms with Gasteiger partial charge >= 0.3 is 6.09 Å². The zero-order chi connectivity index (χ0) is 26.9. The molecule has 37 heavy (non-hydrogen) atoms. The van der Waals surface area contributed by atoms with E-state index in [1.165, 1.54) is 5.56 Å². The van der Waals surface area contributed by atoms with Crippen molar-refractivity contribution in [3.63, 3.8) is 0 Å². The number of ether oxygens (including phenoxy) is 1. The smallest absolute Gasteiger partial charge is 0.408 e. The number of alkyl carbamates (subject to hydrolysis) is 1. The molecule has 0 radical (unpaired) electrons. The number of aromatic nitrogens is 1. The fourth-order valence-corrected chi connectivity index (χ4v) is 5.64. The van der Waals surface area contributed by atoms with Crippen molar-refractivity contribution in [1.29, 1.82) is 0 Å². The Bertz CT molecular complexity index is 1190. The van der Waals surface area contributed by atoms with Crippen molar-refractivity contribution in [1.82, 2.24) is 19.7 Å². The van der Waals surface area contributed by atoms with E-state index in [0.29, 0.717) is 36.2 Å². The van der Waals surface area contributed by atoms with Crippen LogP contribution in [-0.2, 0) is 18.2 Å². The molecule has 2 aliphatic heterocycles.